The van der Waals surface area contributed by atoms with E-state index in [9.17, 15) is 4.79 Å². The van der Waals surface area contributed by atoms with Gasteiger partial charge in [-0.2, -0.15) is 0 Å². The van der Waals surface area contributed by atoms with E-state index in [1.54, 1.807) is 0 Å². The molecular weight excluding hydrogens is 212 g/mol. The van der Waals surface area contributed by atoms with Gasteiger partial charge in [0.25, 0.3) is 0 Å². The molecule has 0 saturated carbocycles. The number of ether oxygens (including phenoxy) is 1. The lowest BCUT2D eigenvalue weighted by atomic mass is 9.79. The highest BCUT2D eigenvalue weighted by Crippen LogP contribution is 2.29. The minimum Gasteiger partial charge on any atom is -0.466 e. The summed E-state index contributed by atoms with van der Waals surface area (Å²) in [5.74, 6) is 2.14. The number of hydrogen-bond acceptors (Lipinski definition) is 2. The minimum atomic E-state index is -0.158. The van der Waals surface area contributed by atoms with Crippen molar-refractivity contribution in [3.63, 3.8) is 0 Å². The second-order valence-corrected chi connectivity index (χ2v) is 5.21. The number of carbonyl (C=O) groups excluding carboxylic acids is 1. The van der Waals surface area contributed by atoms with E-state index in [4.69, 9.17) is 4.74 Å². The normalized spacial score (nSPS) is 16.3. The average Bonchev–Trinajstić information content (AvgIpc) is 2.31. The molecule has 0 saturated heterocycles. The predicted molar refractivity (Wildman–Crippen MR) is 72.9 cm³/mol. The molecule has 0 aromatic rings. The molecule has 0 aliphatic rings. The van der Waals surface area contributed by atoms with Crippen LogP contribution in [0.1, 0.15) is 66.7 Å². The maximum Gasteiger partial charge on any atom is 0.302 e. The van der Waals surface area contributed by atoms with Gasteiger partial charge in [-0.05, 0) is 30.6 Å². The van der Waals surface area contributed by atoms with Gasteiger partial charge in [0.2, 0.25) is 0 Å². The number of hydrogen-bond donors (Lipinski definition) is 0. The first kappa shape index (κ1) is 16.5. The minimum absolute atomic E-state index is 0.158. The van der Waals surface area contributed by atoms with Crippen molar-refractivity contribution in [3.05, 3.63) is 0 Å². The Morgan fingerprint density at radius 1 is 1.06 bits per heavy atom. The molecule has 0 aromatic carbocycles. The zero-order valence-corrected chi connectivity index (χ0v) is 12.3. The molecule has 0 amide bonds. The molecule has 2 heteroatoms. The number of rotatable bonds is 9. The van der Waals surface area contributed by atoms with Gasteiger partial charge in [-0.25, -0.2) is 0 Å². The SMILES string of the molecule is CCC(C)CC(CC)C(CC)CCOC(C)=O. The summed E-state index contributed by atoms with van der Waals surface area (Å²) in [7, 11) is 0. The quantitative estimate of drug-likeness (QED) is 0.559. The Bertz CT molecular complexity index is 201. The lowest BCUT2D eigenvalue weighted by Gasteiger charge is -2.27. The molecule has 0 spiro atoms. The zero-order valence-electron chi connectivity index (χ0n) is 12.3. The first-order chi connectivity index (χ1) is 8.04. The Hall–Kier alpha value is -0.530. The van der Waals surface area contributed by atoms with Crippen molar-refractivity contribution in [2.24, 2.45) is 17.8 Å². The fourth-order valence-corrected chi connectivity index (χ4v) is 2.50. The van der Waals surface area contributed by atoms with Gasteiger partial charge in [0.15, 0.2) is 0 Å². The Labute approximate surface area is 107 Å². The van der Waals surface area contributed by atoms with Gasteiger partial charge in [0.05, 0.1) is 6.61 Å². The van der Waals surface area contributed by atoms with Crippen molar-refractivity contribution in [2.75, 3.05) is 6.61 Å². The van der Waals surface area contributed by atoms with Crippen LogP contribution in [0.4, 0.5) is 0 Å². The van der Waals surface area contributed by atoms with Crippen LogP contribution in [-0.4, -0.2) is 12.6 Å². The summed E-state index contributed by atoms with van der Waals surface area (Å²) in [6, 6.07) is 0. The largest absolute Gasteiger partial charge is 0.466 e. The lowest BCUT2D eigenvalue weighted by Crippen LogP contribution is -2.19. The van der Waals surface area contributed by atoms with Crippen LogP contribution >= 0.6 is 0 Å². The van der Waals surface area contributed by atoms with E-state index in [1.165, 1.54) is 32.6 Å². The van der Waals surface area contributed by atoms with Gasteiger partial charge in [0, 0.05) is 6.92 Å². The zero-order chi connectivity index (χ0) is 13.3. The van der Waals surface area contributed by atoms with Crippen LogP contribution in [0.25, 0.3) is 0 Å². The molecule has 3 atom stereocenters. The van der Waals surface area contributed by atoms with Crippen LogP contribution in [0.15, 0.2) is 0 Å². The Kier molecular flexibility index (Phi) is 9.20. The highest BCUT2D eigenvalue weighted by molar-refractivity contribution is 5.65. The average molecular weight is 242 g/mol. The van der Waals surface area contributed by atoms with E-state index >= 15 is 0 Å². The highest BCUT2D eigenvalue weighted by atomic mass is 16.5. The molecule has 3 unspecified atom stereocenters. The third-order valence-electron chi connectivity index (χ3n) is 3.91. The lowest BCUT2D eigenvalue weighted by molar-refractivity contribution is -0.141. The molecule has 0 fully saturated rings. The standard InChI is InChI=1S/C15H30O2/c1-6-12(4)11-15(8-3)14(7-2)9-10-17-13(5)16/h12,14-15H,6-11H2,1-5H3. The summed E-state index contributed by atoms with van der Waals surface area (Å²) in [5.41, 5.74) is 0. The second-order valence-electron chi connectivity index (χ2n) is 5.21. The van der Waals surface area contributed by atoms with Gasteiger partial charge >= 0.3 is 5.97 Å². The molecule has 0 N–H and O–H groups in total. The highest BCUT2D eigenvalue weighted by Gasteiger charge is 2.20. The van der Waals surface area contributed by atoms with E-state index in [0.29, 0.717) is 12.5 Å². The summed E-state index contributed by atoms with van der Waals surface area (Å²) in [6.45, 7) is 11.2. The van der Waals surface area contributed by atoms with Crippen LogP contribution in [0.2, 0.25) is 0 Å². The van der Waals surface area contributed by atoms with Gasteiger partial charge in [-0.1, -0.05) is 47.0 Å². The molecule has 102 valence electrons. The number of esters is 1. The van der Waals surface area contributed by atoms with Gasteiger partial charge < -0.3 is 4.74 Å². The summed E-state index contributed by atoms with van der Waals surface area (Å²) in [5, 5.41) is 0. The molecule has 0 rings (SSSR count). The van der Waals surface area contributed by atoms with Crippen molar-refractivity contribution in [3.8, 4) is 0 Å². The summed E-state index contributed by atoms with van der Waals surface area (Å²) >= 11 is 0. The number of carbonyl (C=O) groups is 1. The van der Waals surface area contributed by atoms with Crippen molar-refractivity contribution < 1.29 is 9.53 Å². The van der Waals surface area contributed by atoms with Crippen molar-refractivity contribution >= 4 is 5.97 Å². The second kappa shape index (κ2) is 9.49. The van der Waals surface area contributed by atoms with Crippen LogP contribution in [-0.2, 0) is 9.53 Å². The van der Waals surface area contributed by atoms with Gasteiger partial charge in [-0.3, -0.25) is 4.79 Å². The van der Waals surface area contributed by atoms with Crippen LogP contribution < -0.4 is 0 Å². The van der Waals surface area contributed by atoms with E-state index in [1.807, 2.05) is 0 Å². The third kappa shape index (κ3) is 7.40. The van der Waals surface area contributed by atoms with Crippen molar-refractivity contribution in [2.45, 2.75) is 66.7 Å². The summed E-state index contributed by atoms with van der Waals surface area (Å²) in [4.78, 5) is 10.8. The molecule has 0 heterocycles. The smallest absolute Gasteiger partial charge is 0.302 e. The topological polar surface area (TPSA) is 26.3 Å². The first-order valence-corrected chi connectivity index (χ1v) is 7.18. The Morgan fingerprint density at radius 3 is 2.06 bits per heavy atom. The monoisotopic (exact) mass is 242 g/mol. The Balaban J connectivity index is 4.13. The third-order valence-corrected chi connectivity index (χ3v) is 3.91. The molecular formula is C15H30O2. The van der Waals surface area contributed by atoms with Crippen molar-refractivity contribution in [1.29, 1.82) is 0 Å². The predicted octanol–water partition coefficient (Wildman–Crippen LogP) is 4.43. The molecule has 0 bridgehead atoms. The first-order valence-electron chi connectivity index (χ1n) is 7.18. The van der Waals surface area contributed by atoms with E-state index in [0.717, 1.165) is 18.3 Å². The maximum absolute atomic E-state index is 10.8. The molecule has 2 nitrogen and oxygen atoms in total. The fourth-order valence-electron chi connectivity index (χ4n) is 2.50. The van der Waals surface area contributed by atoms with Gasteiger partial charge in [0.1, 0.15) is 0 Å². The molecule has 0 aliphatic carbocycles. The van der Waals surface area contributed by atoms with E-state index in [2.05, 4.69) is 27.7 Å². The van der Waals surface area contributed by atoms with Crippen molar-refractivity contribution in [1.82, 2.24) is 0 Å². The maximum atomic E-state index is 10.8. The molecule has 0 aromatic heterocycles. The summed E-state index contributed by atoms with van der Waals surface area (Å²) < 4.78 is 5.06. The van der Waals surface area contributed by atoms with Crippen LogP contribution in [0.3, 0.4) is 0 Å². The molecule has 17 heavy (non-hydrogen) atoms. The molecule has 0 radical (unpaired) electrons. The van der Waals surface area contributed by atoms with Gasteiger partial charge in [-0.15, -0.1) is 0 Å². The fraction of sp³-hybridized carbons (Fsp3) is 0.933. The van der Waals surface area contributed by atoms with E-state index < -0.39 is 0 Å². The van der Waals surface area contributed by atoms with E-state index in [-0.39, 0.29) is 5.97 Å². The van der Waals surface area contributed by atoms with Crippen LogP contribution in [0.5, 0.6) is 0 Å². The Morgan fingerprint density at radius 2 is 1.65 bits per heavy atom. The summed E-state index contributed by atoms with van der Waals surface area (Å²) in [6.07, 6.45) is 6.02. The van der Waals surface area contributed by atoms with Crippen LogP contribution in [0, 0.1) is 17.8 Å². The molecule has 0 aliphatic heterocycles.